The molecule has 70 valence electrons. The van der Waals surface area contributed by atoms with Gasteiger partial charge in [-0.3, -0.25) is 4.79 Å². The normalized spacial score (nSPS) is 10.3. The third kappa shape index (κ3) is 1.05. The maximum absolute atomic E-state index is 11.6. The van der Waals surface area contributed by atoms with Crippen LogP contribution in [0.2, 0.25) is 0 Å². The molecule has 0 fully saturated rings. The van der Waals surface area contributed by atoms with Gasteiger partial charge in [0.05, 0.1) is 12.3 Å². The molecule has 7 nitrogen and oxygen atoms in total. The molecule has 0 atom stereocenters. The zero-order valence-corrected chi connectivity index (χ0v) is 7.38. The number of nitrogens with zero attached hydrogens (tertiary/aromatic N) is 6. The Morgan fingerprint density at radius 3 is 3.14 bits per heavy atom. The van der Waals surface area contributed by atoms with E-state index in [9.17, 15) is 4.79 Å². The van der Waals surface area contributed by atoms with Gasteiger partial charge in [0, 0.05) is 7.05 Å². The fraction of sp³-hybridized carbons (Fsp3) is 0.286. The van der Waals surface area contributed by atoms with E-state index in [1.54, 1.807) is 7.05 Å². The van der Waals surface area contributed by atoms with Gasteiger partial charge in [-0.05, 0) is 0 Å². The number of hydrogen-bond donors (Lipinski definition) is 0. The Bertz CT molecular complexity index is 574. The van der Waals surface area contributed by atoms with E-state index in [1.165, 1.54) is 10.9 Å². The second-order valence-electron chi connectivity index (χ2n) is 2.72. The first-order valence-corrected chi connectivity index (χ1v) is 3.86. The molecule has 7 heteroatoms. The molecule has 0 spiro atoms. The number of rotatable bonds is 1. The number of nitriles is 1. The van der Waals surface area contributed by atoms with Gasteiger partial charge in [-0.15, -0.1) is 5.10 Å². The molecular weight excluding hydrogens is 184 g/mol. The van der Waals surface area contributed by atoms with Crippen LogP contribution >= 0.6 is 0 Å². The minimum atomic E-state index is -0.343. The van der Waals surface area contributed by atoms with Crippen LogP contribution < -0.4 is 5.56 Å². The van der Waals surface area contributed by atoms with Crippen LogP contribution in [0.15, 0.2) is 11.0 Å². The largest absolute Gasteiger partial charge is 0.281 e. The summed E-state index contributed by atoms with van der Waals surface area (Å²) in [5.41, 5.74) is 0.0776. The van der Waals surface area contributed by atoms with Crippen molar-refractivity contribution in [3.8, 4) is 6.07 Å². The first-order chi connectivity index (χ1) is 6.74. The van der Waals surface area contributed by atoms with Crippen molar-refractivity contribution in [1.29, 1.82) is 5.26 Å². The predicted molar refractivity (Wildman–Crippen MR) is 46.2 cm³/mol. The molecule has 0 aliphatic heterocycles. The average Bonchev–Trinajstić information content (AvgIpc) is 2.54. The molecule has 2 heterocycles. The van der Waals surface area contributed by atoms with Gasteiger partial charge in [-0.2, -0.15) is 15.0 Å². The van der Waals surface area contributed by atoms with Crippen molar-refractivity contribution >= 4 is 11.0 Å². The van der Waals surface area contributed by atoms with E-state index in [-0.39, 0.29) is 12.1 Å². The van der Waals surface area contributed by atoms with Crippen LogP contribution in [0.1, 0.15) is 0 Å². The van der Waals surface area contributed by atoms with Crippen molar-refractivity contribution < 1.29 is 0 Å². The predicted octanol–water partition coefficient (Wildman–Crippen LogP) is -0.951. The highest BCUT2D eigenvalue weighted by Crippen LogP contribution is 2.00. The first kappa shape index (κ1) is 8.37. The Kier molecular flexibility index (Phi) is 1.74. The quantitative estimate of drug-likeness (QED) is 0.578. The smallest absolute Gasteiger partial charge is 0.267 e. The molecule has 0 saturated carbocycles. The van der Waals surface area contributed by atoms with Crippen molar-refractivity contribution in [2.24, 2.45) is 7.05 Å². The van der Waals surface area contributed by atoms with Crippen LogP contribution in [-0.4, -0.2) is 24.8 Å². The zero-order chi connectivity index (χ0) is 10.1. The van der Waals surface area contributed by atoms with Crippen molar-refractivity contribution in [2.45, 2.75) is 6.54 Å². The maximum atomic E-state index is 11.6. The third-order valence-corrected chi connectivity index (χ3v) is 1.84. The summed E-state index contributed by atoms with van der Waals surface area (Å²) in [7, 11) is 1.67. The Morgan fingerprint density at radius 2 is 2.43 bits per heavy atom. The highest BCUT2D eigenvalue weighted by molar-refractivity contribution is 5.72. The molecule has 0 aliphatic rings. The lowest BCUT2D eigenvalue weighted by atomic mass is 10.4. The standard InChI is InChI=1S/C7H6N6O/c1-12-6-5(4-9-12)7(14)13(3-2-8)11-10-6/h4H,3H2,1H3. The summed E-state index contributed by atoms with van der Waals surface area (Å²) in [6.45, 7) is -0.101. The third-order valence-electron chi connectivity index (χ3n) is 1.84. The van der Waals surface area contributed by atoms with Gasteiger partial charge >= 0.3 is 0 Å². The lowest BCUT2D eigenvalue weighted by Gasteiger charge is -1.96. The van der Waals surface area contributed by atoms with E-state index in [0.717, 1.165) is 4.68 Å². The summed E-state index contributed by atoms with van der Waals surface area (Å²) >= 11 is 0. The molecule has 2 rings (SSSR count). The molecule has 0 amide bonds. The summed E-state index contributed by atoms with van der Waals surface area (Å²) < 4.78 is 2.46. The lowest BCUT2D eigenvalue weighted by Crippen LogP contribution is -2.23. The second kappa shape index (κ2) is 2.92. The highest BCUT2D eigenvalue weighted by atomic mass is 16.1. The van der Waals surface area contributed by atoms with E-state index in [0.29, 0.717) is 11.0 Å². The van der Waals surface area contributed by atoms with Crippen LogP contribution in [0.3, 0.4) is 0 Å². The first-order valence-electron chi connectivity index (χ1n) is 3.86. The molecule has 14 heavy (non-hydrogen) atoms. The van der Waals surface area contributed by atoms with Gasteiger partial charge in [-0.25, -0.2) is 4.68 Å². The summed E-state index contributed by atoms with van der Waals surface area (Å²) in [5, 5.41) is 20.1. The molecular formula is C7H6N6O. The van der Waals surface area contributed by atoms with Gasteiger partial charge in [-0.1, -0.05) is 5.21 Å². The minimum Gasteiger partial charge on any atom is -0.267 e. The maximum Gasteiger partial charge on any atom is 0.281 e. The number of hydrogen-bond acceptors (Lipinski definition) is 5. The van der Waals surface area contributed by atoms with Crippen LogP contribution in [0.25, 0.3) is 11.0 Å². The Labute approximate surface area is 78.2 Å². The molecule has 2 aromatic rings. The van der Waals surface area contributed by atoms with Crippen molar-refractivity contribution in [3.63, 3.8) is 0 Å². The van der Waals surface area contributed by atoms with Gasteiger partial charge in [0.2, 0.25) is 0 Å². The molecule has 2 aromatic heterocycles. The van der Waals surface area contributed by atoms with Crippen LogP contribution in [0.5, 0.6) is 0 Å². The second-order valence-corrected chi connectivity index (χ2v) is 2.72. The summed E-state index contributed by atoms with van der Waals surface area (Å²) in [4.78, 5) is 11.6. The molecule has 0 unspecified atom stereocenters. The van der Waals surface area contributed by atoms with Gasteiger partial charge < -0.3 is 0 Å². The Morgan fingerprint density at radius 1 is 1.64 bits per heavy atom. The van der Waals surface area contributed by atoms with E-state index >= 15 is 0 Å². The molecule has 0 radical (unpaired) electrons. The van der Waals surface area contributed by atoms with E-state index in [4.69, 9.17) is 5.26 Å². The Balaban J connectivity index is 2.78. The van der Waals surface area contributed by atoms with Gasteiger partial charge in [0.1, 0.15) is 11.9 Å². The summed E-state index contributed by atoms with van der Waals surface area (Å²) in [5.74, 6) is 0. The van der Waals surface area contributed by atoms with Gasteiger partial charge in [0.15, 0.2) is 5.65 Å². The van der Waals surface area contributed by atoms with E-state index < -0.39 is 0 Å². The minimum absolute atomic E-state index is 0.101. The summed E-state index contributed by atoms with van der Waals surface area (Å²) in [6.07, 6.45) is 1.42. The van der Waals surface area contributed by atoms with Crippen molar-refractivity contribution in [2.75, 3.05) is 0 Å². The number of aryl methyl sites for hydroxylation is 1. The lowest BCUT2D eigenvalue weighted by molar-refractivity contribution is 0.610. The Hall–Kier alpha value is -2.23. The van der Waals surface area contributed by atoms with E-state index in [1.807, 2.05) is 6.07 Å². The fourth-order valence-corrected chi connectivity index (χ4v) is 1.15. The number of aromatic nitrogens is 5. The van der Waals surface area contributed by atoms with Crippen LogP contribution in [0.4, 0.5) is 0 Å². The van der Waals surface area contributed by atoms with E-state index in [2.05, 4.69) is 15.4 Å². The molecule has 0 bridgehead atoms. The molecule has 0 N–H and O–H groups in total. The average molecular weight is 190 g/mol. The monoisotopic (exact) mass is 190 g/mol. The van der Waals surface area contributed by atoms with Crippen molar-refractivity contribution in [3.05, 3.63) is 16.6 Å². The topological polar surface area (TPSA) is 89.4 Å². The fourth-order valence-electron chi connectivity index (χ4n) is 1.15. The SMILES string of the molecule is Cn1ncc2c(=O)n(CC#N)nnc21. The van der Waals surface area contributed by atoms with Crippen molar-refractivity contribution in [1.82, 2.24) is 24.8 Å². The summed E-state index contributed by atoms with van der Waals surface area (Å²) in [6, 6.07) is 1.83. The molecule has 0 aliphatic carbocycles. The molecule has 0 aromatic carbocycles. The molecule has 0 saturated heterocycles. The van der Waals surface area contributed by atoms with Crippen LogP contribution in [-0.2, 0) is 13.6 Å². The number of fused-ring (bicyclic) bond motifs is 1. The van der Waals surface area contributed by atoms with Crippen LogP contribution in [0, 0.1) is 11.3 Å². The zero-order valence-electron chi connectivity index (χ0n) is 7.38. The van der Waals surface area contributed by atoms with Gasteiger partial charge in [0.25, 0.3) is 5.56 Å². The highest BCUT2D eigenvalue weighted by Gasteiger charge is 2.08.